The molecule has 7 heavy (non-hydrogen) atoms. The Kier molecular flexibility index (Phi) is 1.69. The van der Waals surface area contributed by atoms with Gasteiger partial charge in [-0.05, 0) is 38.3 Å². The average Bonchev–Trinajstić information content (AvgIpc) is 2.17. The number of hydrogen-bond acceptors (Lipinski definition) is 0. The molecule has 0 amide bonds. The fraction of sp³-hybridized carbons (Fsp3) is 1.00. The lowest BCUT2D eigenvalue weighted by molar-refractivity contribution is 0.993. The Labute approximate surface area is 47.1 Å². The molecule has 1 aliphatic rings. The second kappa shape index (κ2) is 2.13. The SMILES string of the molecule is CP(C)CC1CC1. The number of rotatable bonds is 2. The monoisotopic (exact) mass is 116 g/mol. The van der Waals surface area contributed by atoms with Gasteiger partial charge in [0, 0.05) is 0 Å². The Hall–Kier alpha value is 0.430. The summed E-state index contributed by atoms with van der Waals surface area (Å²) >= 11 is 0. The predicted molar refractivity (Wildman–Crippen MR) is 36.4 cm³/mol. The fourth-order valence-electron chi connectivity index (χ4n) is 0.817. The molecule has 0 saturated heterocycles. The van der Waals surface area contributed by atoms with E-state index in [-0.39, 0.29) is 0 Å². The molecule has 0 radical (unpaired) electrons. The Morgan fingerprint density at radius 1 is 1.43 bits per heavy atom. The molecule has 1 fully saturated rings. The van der Waals surface area contributed by atoms with Crippen molar-refractivity contribution >= 4 is 7.92 Å². The van der Waals surface area contributed by atoms with Crippen LogP contribution in [0.1, 0.15) is 12.8 Å². The van der Waals surface area contributed by atoms with Gasteiger partial charge in [0.15, 0.2) is 0 Å². The Bertz CT molecular complexity index is 55.2. The molecular formula is C6H13P. The topological polar surface area (TPSA) is 0 Å². The van der Waals surface area contributed by atoms with Crippen molar-refractivity contribution in [2.24, 2.45) is 5.92 Å². The maximum atomic E-state index is 2.37. The van der Waals surface area contributed by atoms with Crippen molar-refractivity contribution in [2.75, 3.05) is 19.5 Å². The summed E-state index contributed by atoms with van der Waals surface area (Å²) < 4.78 is 0. The van der Waals surface area contributed by atoms with Crippen molar-refractivity contribution in [3.05, 3.63) is 0 Å². The molecule has 1 heteroatoms. The Morgan fingerprint density at radius 3 is 2.14 bits per heavy atom. The van der Waals surface area contributed by atoms with E-state index in [1.165, 1.54) is 19.0 Å². The van der Waals surface area contributed by atoms with Gasteiger partial charge in [-0.1, -0.05) is 0 Å². The summed E-state index contributed by atoms with van der Waals surface area (Å²) in [6.07, 6.45) is 4.59. The zero-order valence-electron chi connectivity index (χ0n) is 5.15. The quantitative estimate of drug-likeness (QED) is 0.485. The smallest absolute Gasteiger partial charge is 0.0302 e. The van der Waals surface area contributed by atoms with Crippen LogP contribution in [-0.4, -0.2) is 19.5 Å². The van der Waals surface area contributed by atoms with Crippen LogP contribution < -0.4 is 0 Å². The molecule has 1 aliphatic carbocycles. The summed E-state index contributed by atoms with van der Waals surface area (Å²) in [7, 11) is 0.423. The molecule has 0 aromatic heterocycles. The van der Waals surface area contributed by atoms with E-state index in [0.29, 0.717) is 7.92 Å². The molecule has 0 aliphatic heterocycles. The van der Waals surface area contributed by atoms with Gasteiger partial charge in [-0.2, -0.15) is 0 Å². The lowest BCUT2D eigenvalue weighted by atomic mass is 10.5. The molecule has 0 atom stereocenters. The molecule has 0 spiro atoms. The molecule has 0 nitrogen and oxygen atoms in total. The van der Waals surface area contributed by atoms with E-state index in [4.69, 9.17) is 0 Å². The van der Waals surface area contributed by atoms with E-state index in [0.717, 1.165) is 5.92 Å². The minimum atomic E-state index is 0.423. The van der Waals surface area contributed by atoms with Crippen molar-refractivity contribution in [1.29, 1.82) is 0 Å². The van der Waals surface area contributed by atoms with E-state index >= 15 is 0 Å². The van der Waals surface area contributed by atoms with E-state index < -0.39 is 0 Å². The van der Waals surface area contributed by atoms with Crippen LogP contribution >= 0.6 is 7.92 Å². The van der Waals surface area contributed by atoms with Gasteiger partial charge in [-0.15, -0.1) is 7.92 Å². The van der Waals surface area contributed by atoms with Gasteiger partial charge in [0.1, 0.15) is 0 Å². The third-order valence-electron chi connectivity index (χ3n) is 1.32. The first kappa shape index (κ1) is 5.56. The van der Waals surface area contributed by atoms with Gasteiger partial charge in [0.2, 0.25) is 0 Å². The molecule has 0 N–H and O–H groups in total. The van der Waals surface area contributed by atoms with Crippen LogP contribution in [0.15, 0.2) is 0 Å². The first-order valence-electron chi connectivity index (χ1n) is 2.94. The lowest BCUT2D eigenvalue weighted by Gasteiger charge is -1.99. The van der Waals surface area contributed by atoms with E-state index in [1.54, 1.807) is 0 Å². The highest BCUT2D eigenvalue weighted by Gasteiger charge is 2.21. The predicted octanol–water partition coefficient (Wildman–Crippen LogP) is 2.14. The largest absolute Gasteiger partial charge is 0.113 e. The molecular weight excluding hydrogens is 103 g/mol. The molecule has 0 aromatic carbocycles. The van der Waals surface area contributed by atoms with E-state index in [1.807, 2.05) is 0 Å². The molecule has 1 rings (SSSR count). The minimum Gasteiger partial charge on any atom is -0.113 e. The van der Waals surface area contributed by atoms with Crippen LogP contribution in [0.25, 0.3) is 0 Å². The maximum Gasteiger partial charge on any atom is -0.0302 e. The van der Waals surface area contributed by atoms with Crippen molar-refractivity contribution in [1.82, 2.24) is 0 Å². The van der Waals surface area contributed by atoms with Crippen LogP contribution in [-0.2, 0) is 0 Å². The second-order valence-electron chi connectivity index (χ2n) is 2.71. The molecule has 0 bridgehead atoms. The zero-order valence-corrected chi connectivity index (χ0v) is 6.04. The van der Waals surface area contributed by atoms with Crippen molar-refractivity contribution in [3.8, 4) is 0 Å². The standard InChI is InChI=1S/C6H13P/c1-7(2)5-6-3-4-6/h6H,3-5H2,1-2H3. The molecule has 0 heterocycles. The lowest BCUT2D eigenvalue weighted by Crippen LogP contribution is -1.80. The first-order valence-corrected chi connectivity index (χ1v) is 5.36. The fourth-order valence-corrected chi connectivity index (χ4v) is 2.21. The third-order valence-corrected chi connectivity index (χ3v) is 2.57. The normalized spacial score (nSPS) is 21.0. The van der Waals surface area contributed by atoms with Crippen LogP contribution in [0.5, 0.6) is 0 Å². The summed E-state index contributed by atoms with van der Waals surface area (Å²) in [5.74, 6) is 1.15. The summed E-state index contributed by atoms with van der Waals surface area (Å²) in [5.41, 5.74) is 0. The summed E-state index contributed by atoms with van der Waals surface area (Å²) in [5, 5.41) is 0. The second-order valence-corrected chi connectivity index (χ2v) is 5.23. The summed E-state index contributed by atoms with van der Waals surface area (Å²) in [6, 6.07) is 0. The summed E-state index contributed by atoms with van der Waals surface area (Å²) in [4.78, 5) is 0. The third kappa shape index (κ3) is 2.29. The van der Waals surface area contributed by atoms with Crippen molar-refractivity contribution in [2.45, 2.75) is 12.8 Å². The molecule has 0 aromatic rings. The zero-order chi connectivity index (χ0) is 5.28. The van der Waals surface area contributed by atoms with Crippen LogP contribution in [0.2, 0.25) is 0 Å². The first-order chi connectivity index (χ1) is 3.29. The minimum absolute atomic E-state index is 0.423. The van der Waals surface area contributed by atoms with Gasteiger partial charge in [-0.25, -0.2) is 0 Å². The van der Waals surface area contributed by atoms with E-state index in [9.17, 15) is 0 Å². The Morgan fingerprint density at radius 2 is 2.00 bits per heavy atom. The molecule has 0 unspecified atom stereocenters. The van der Waals surface area contributed by atoms with Gasteiger partial charge < -0.3 is 0 Å². The van der Waals surface area contributed by atoms with Gasteiger partial charge in [0.05, 0.1) is 0 Å². The van der Waals surface area contributed by atoms with Gasteiger partial charge >= 0.3 is 0 Å². The number of hydrogen-bond donors (Lipinski definition) is 0. The molecule has 42 valence electrons. The highest BCUT2D eigenvalue weighted by molar-refractivity contribution is 7.56. The van der Waals surface area contributed by atoms with Gasteiger partial charge in [-0.3, -0.25) is 0 Å². The molecule has 1 saturated carbocycles. The van der Waals surface area contributed by atoms with Crippen LogP contribution in [0.4, 0.5) is 0 Å². The summed E-state index contributed by atoms with van der Waals surface area (Å²) in [6.45, 7) is 4.74. The van der Waals surface area contributed by atoms with Gasteiger partial charge in [0.25, 0.3) is 0 Å². The van der Waals surface area contributed by atoms with E-state index in [2.05, 4.69) is 13.3 Å². The Balaban J connectivity index is 1.97. The highest BCUT2D eigenvalue weighted by Crippen LogP contribution is 2.39. The maximum absolute atomic E-state index is 2.37. The highest BCUT2D eigenvalue weighted by atomic mass is 31.1. The van der Waals surface area contributed by atoms with Crippen molar-refractivity contribution in [3.63, 3.8) is 0 Å². The van der Waals surface area contributed by atoms with Crippen molar-refractivity contribution < 1.29 is 0 Å². The van der Waals surface area contributed by atoms with Crippen LogP contribution in [0.3, 0.4) is 0 Å². The van der Waals surface area contributed by atoms with Crippen LogP contribution in [0, 0.1) is 5.92 Å². The average molecular weight is 116 g/mol.